The molecule has 1 aromatic carbocycles. The van der Waals surface area contributed by atoms with Crippen molar-refractivity contribution in [3.05, 3.63) is 23.8 Å². The van der Waals surface area contributed by atoms with Crippen molar-refractivity contribution in [1.29, 1.82) is 0 Å². The molecule has 1 aromatic rings. The summed E-state index contributed by atoms with van der Waals surface area (Å²) < 4.78 is 0. The third-order valence-corrected chi connectivity index (χ3v) is 2.67. The van der Waals surface area contributed by atoms with Crippen molar-refractivity contribution in [3.8, 4) is 11.5 Å². The standard InChI is InChI=1S/C13H18N2O5.ClH/c1-13(2,14)12(20)15-8(11(18)19)5-7-3-4-9(16)10(17)6-7;/h3-4,6,8,16-17H,5,14H2,1-2H3,(H,15,20)(H,18,19);1H/t8-;/m0./s1. The predicted molar refractivity (Wildman–Crippen MR) is 78.6 cm³/mol. The zero-order valence-corrected chi connectivity index (χ0v) is 12.5. The van der Waals surface area contributed by atoms with Crippen LogP contribution >= 0.6 is 12.4 Å². The van der Waals surface area contributed by atoms with Crippen LogP contribution in [0.1, 0.15) is 19.4 Å². The lowest BCUT2D eigenvalue weighted by Crippen LogP contribution is -2.54. The van der Waals surface area contributed by atoms with Crippen LogP contribution in [0, 0.1) is 0 Å². The Morgan fingerprint density at radius 1 is 1.29 bits per heavy atom. The number of phenolic OH excluding ortho intramolecular Hbond substituents is 2. The monoisotopic (exact) mass is 318 g/mol. The number of nitrogens with one attached hydrogen (secondary N) is 1. The first-order valence-corrected chi connectivity index (χ1v) is 5.94. The summed E-state index contributed by atoms with van der Waals surface area (Å²) in [4.78, 5) is 22.9. The van der Waals surface area contributed by atoms with Crippen molar-refractivity contribution in [2.45, 2.75) is 31.8 Å². The summed E-state index contributed by atoms with van der Waals surface area (Å²) in [6, 6.07) is 2.78. The van der Waals surface area contributed by atoms with Crippen molar-refractivity contribution in [2.24, 2.45) is 5.73 Å². The minimum atomic E-state index is -1.21. The number of aliphatic carboxylic acids is 1. The first-order valence-electron chi connectivity index (χ1n) is 5.94. The molecule has 1 amide bonds. The molecular weight excluding hydrogens is 300 g/mol. The molecule has 21 heavy (non-hydrogen) atoms. The Bertz CT molecular complexity index is 528. The summed E-state index contributed by atoms with van der Waals surface area (Å²) >= 11 is 0. The summed E-state index contributed by atoms with van der Waals surface area (Å²) in [7, 11) is 0. The number of hydrogen-bond acceptors (Lipinski definition) is 5. The van der Waals surface area contributed by atoms with Crippen LogP contribution in [-0.2, 0) is 16.0 Å². The summed E-state index contributed by atoms with van der Waals surface area (Å²) in [5.41, 5.74) is 4.86. The van der Waals surface area contributed by atoms with Crippen molar-refractivity contribution in [3.63, 3.8) is 0 Å². The lowest BCUT2D eigenvalue weighted by molar-refractivity contribution is -0.142. The number of phenols is 2. The molecule has 0 aliphatic rings. The molecule has 8 heteroatoms. The van der Waals surface area contributed by atoms with Gasteiger partial charge in [0.15, 0.2) is 11.5 Å². The minimum Gasteiger partial charge on any atom is -0.504 e. The van der Waals surface area contributed by atoms with Crippen LogP contribution in [0.2, 0.25) is 0 Å². The number of aromatic hydroxyl groups is 2. The van der Waals surface area contributed by atoms with E-state index in [1.54, 1.807) is 0 Å². The molecule has 0 aromatic heterocycles. The first kappa shape index (κ1) is 19.0. The second-order valence-corrected chi connectivity index (χ2v) is 5.11. The molecule has 1 rings (SSSR count). The summed E-state index contributed by atoms with van der Waals surface area (Å²) in [6.07, 6.45) is -0.0367. The van der Waals surface area contributed by atoms with Gasteiger partial charge in [-0.25, -0.2) is 4.79 Å². The van der Waals surface area contributed by atoms with E-state index in [9.17, 15) is 19.8 Å². The predicted octanol–water partition coefficient (Wildman–Crippen LogP) is 0.369. The van der Waals surface area contributed by atoms with Gasteiger partial charge in [0.2, 0.25) is 5.91 Å². The fourth-order valence-corrected chi connectivity index (χ4v) is 1.48. The van der Waals surface area contributed by atoms with Crippen LogP contribution in [0.4, 0.5) is 0 Å². The maximum Gasteiger partial charge on any atom is 0.326 e. The molecule has 118 valence electrons. The minimum absolute atomic E-state index is 0. The van der Waals surface area contributed by atoms with Gasteiger partial charge in [0, 0.05) is 6.42 Å². The zero-order valence-electron chi connectivity index (χ0n) is 11.7. The van der Waals surface area contributed by atoms with Crippen molar-refractivity contribution in [2.75, 3.05) is 0 Å². The Balaban J connectivity index is 0.00000400. The third kappa shape index (κ3) is 5.49. The molecule has 6 N–H and O–H groups in total. The van der Waals surface area contributed by atoms with Gasteiger partial charge in [-0.2, -0.15) is 0 Å². The quantitative estimate of drug-likeness (QED) is 0.498. The number of rotatable bonds is 5. The van der Waals surface area contributed by atoms with E-state index in [2.05, 4.69) is 5.32 Å². The van der Waals surface area contributed by atoms with Crippen molar-refractivity contribution < 1.29 is 24.9 Å². The molecule has 1 atom stereocenters. The molecular formula is C13H19ClN2O5. The van der Waals surface area contributed by atoms with E-state index in [0.717, 1.165) is 0 Å². The average Bonchev–Trinajstić information content (AvgIpc) is 2.31. The molecule has 0 radical (unpaired) electrons. The highest BCUT2D eigenvalue weighted by Gasteiger charge is 2.28. The summed E-state index contributed by atoms with van der Waals surface area (Å²) in [5, 5.41) is 30.0. The number of carboxylic acid groups (broad SMARTS) is 1. The van der Waals surface area contributed by atoms with E-state index < -0.39 is 23.5 Å². The molecule has 0 spiro atoms. The maximum atomic E-state index is 11.7. The van der Waals surface area contributed by atoms with Gasteiger partial charge in [-0.15, -0.1) is 12.4 Å². The molecule has 7 nitrogen and oxygen atoms in total. The first-order chi connectivity index (χ1) is 9.11. The lowest BCUT2D eigenvalue weighted by Gasteiger charge is -2.22. The third-order valence-electron chi connectivity index (χ3n) is 2.67. The Hall–Kier alpha value is -1.99. The fraction of sp³-hybridized carbons (Fsp3) is 0.385. The number of amides is 1. The van der Waals surface area contributed by atoms with E-state index in [1.165, 1.54) is 32.0 Å². The molecule has 0 aliphatic heterocycles. The van der Waals surface area contributed by atoms with E-state index in [4.69, 9.17) is 10.8 Å². The van der Waals surface area contributed by atoms with Gasteiger partial charge in [-0.3, -0.25) is 4.79 Å². The molecule has 0 fully saturated rings. The highest BCUT2D eigenvalue weighted by atomic mass is 35.5. The normalized spacial score (nSPS) is 12.1. The molecule has 0 saturated heterocycles. The summed E-state index contributed by atoms with van der Waals surface area (Å²) in [6.45, 7) is 2.93. The SMILES string of the molecule is CC(C)(N)C(=O)N[C@@H](Cc1ccc(O)c(O)c1)C(=O)O.Cl. The van der Waals surface area contributed by atoms with Crippen LogP contribution in [0.15, 0.2) is 18.2 Å². The van der Waals surface area contributed by atoms with Gasteiger partial charge in [-0.1, -0.05) is 6.07 Å². The van der Waals surface area contributed by atoms with E-state index in [1.807, 2.05) is 0 Å². The van der Waals surface area contributed by atoms with Crippen LogP contribution in [-0.4, -0.2) is 38.8 Å². The Morgan fingerprint density at radius 2 is 1.86 bits per heavy atom. The second kappa shape index (κ2) is 7.14. The fourth-order valence-electron chi connectivity index (χ4n) is 1.48. The van der Waals surface area contributed by atoms with Crippen molar-refractivity contribution in [1.82, 2.24) is 5.32 Å². The second-order valence-electron chi connectivity index (χ2n) is 5.11. The van der Waals surface area contributed by atoms with Gasteiger partial charge in [0.25, 0.3) is 0 Å². The van der Waals surface area contributed by atoms with Gasteiger partial charge in [0.05, 0.1) is 5.54 Å². The number of carbonyl (C=O) groups excluding carboxylic acids is 1. The maximum absolute atomic E-state index is 11.7. The van der Waals surface area contributed by atoms with E-state index in [-0.39, 0.29) is 30.3 Å². The van der Waals surface area contributed by atoms with Gasteiger partial charge < -0.3 is 26.4 Å². The number of hydrogen-bond donors (Lipinski definition) is 5. The number of nitrogens with two attached hydrogens (primary N) is 1. The smallest absolute Gasteiger partial charge is 0.326 e. The highest BCUT2D eigenvalue weighted by Crippen LogP contribution is 2.25. The Kier molecular flexibility index (Phi) is 6.47. The van der Waals surface area contributed by atoms with Gasteiger partial charge >= 0.3 is 5.97 Å². The highest BCUT2D eigenvalue weighted by molar-refractivity contribution is 5.89. The van der Waals surface area contributed by atoms with Crippen LogP contribution in [0.25, 0.3) is 0 Å². The number of benzene rings is 1. The van der Waals surface area contributed by atoms with E-state index in [0.29, 0.717) is 5.56 Å². The van der Waals surface area contributed by atoms with Crippen LogP contribution in [0.3, 0.4) is 0 Å². The molecule has 0 saturated carbocycles. The largest absolute Gasteiger partial charge is 0.504 e. The average molecular weight is 319 g/mol. The number of halogens is 1. The topological polar surface area (TPSA) is 133 Å². The van der Waals surface area contributed by atoms with Gasteiger partial charge in [0.1, 0.15) is 6.04 Å². The summed E-state index contributed by atoms with van der Waals surface area (Å²) in [5.74, 6) is -2.45. The van der Waals surface area contributed by atoms with E-state index >= 15 is 0 Å². The molecule has 0 unspecified atom stereocenters. The Morgan fingerprint density at radius 3 is 2.29 bits per heavy atom. The molecule has 0 heterocycles. The van der Waals surface area contributed by atoms with Crippen molar-refractivity contribution >= 4 is 24.3 Å². The Labute approximate surface area is 128 Å². The molecule has 0 aliphatic carbocycles. The lowest BCUT2D eigenvalue weighted by atomic mass is 10.0. The van der Waals surface area contributed by atoms with Gasteiger partial charge in [-0.05, 0) is 31.5 Å². The van der Waals surface area contributed by atoms with Crippen LogP contribution < -0.4 is 11.1 Å². The van der Waals surface area contributed by atoms with Crippen LogP contribution in [0.5, 0.6) is 11.5 Å². The number of carbonyl (C=O) groups is 2. The number of carboxylic acids is 1. The zero-order chi connectivity index (χ0) is 15.5. The molecule has 0 bridgehead atoms.